The van der Waals surface area contributed by atoms with Crippen molar-refractivity contribution < 1.29 is 22.3 Å². The molecule has 1 N–H and O–H groups in total. The van der Waals surface area contributed by atoms with Gasteiger partial charge in [-0.2, -0.15) is 13.2 Å². The Morgan fingerprint density at radius 2 is 2.05 bits per heavy atom. The van der Waals surface area contributed by atoms with E-state index < -0.39 is 18.6 Å². The minimum atomic E-state index is -4.31. The Bertz CT molecular complexity index is 425. The molecule has 0 saturated heterocycles. The number of hydrogen-bond acceptors (Lipinski definition) is 2. The van der Waals surface area contributed by atoms with E-state index in [2.05, 4.69) is 10.1 Å². The summed E-state index contributed by atoms with van der Waals surface area (Å²) in [5, 5.41) is 3.01. The summed E-state index contributed by atoms with van der Waals surface area (Å²) >= 11 is 5.58. The first kappa shape index (κ1) is 17.2. The Morgan fingerprint density at radius 1 is 1.35 bits per heavy atom. The zero-order chi connectivity index (χ0) is 15.2. The molecule has 1 aromatic carbocycles. The molecule has 1 atom stereocenters. The molecular formula is C13H16ClF4NO. The van der Waals surface area contributed by atoms with Gasteiger partial charge in [-0.05, 0) is 37.6 Å². The second kappa shape index (κ2) is 7.81. The van der Waals surface area contributed by atoms with Crippen LogP contribution < -0.4 is 5.32 Å². The van der Waals surface area contributed by atoms with Crippen molar-refractivity contribution in [1.82, 2.24) is 5.32 Å². The average Bonchev–Trinajstić information content (AvgIpc) is 2.36. The lowest BCUT2D eigenvalue weighted by atomic mass is 10.0. The first-order chi connectivity index (χ1) is 9.31. The molecule has 114 valence electrons. The minimum absolute atomic E-state index is 0.0128. The monoisotopic (exact) mass is 313 g/mol. The third-order valence-corrected chi connectivity index (χ3v) is 3.06. The van der Waals surface area contributed by atoms with Crippen LogP contribution in [-0.2, 0) is 11.2 Å². The summed E-state index contributed by atoms with van der Waals surface area (Å²) in [6.45, 7) is -1.26. The van der Waals surface area contributed by atoms with Crippen LogP contribution in [0.4, 0.5) is 17.6 Å². The van der Waals surface area contributed by atoms with Crippen molar-refractivity contribution in [3.05, 3.63) is 34.6 Å². The number of halogens is 5. The lowest BCUT2D eigenvalue weighted by Crippen LogP contribution is -2.29. The van der Waals surface area contributed by atoms with Crippen LogP contribution in [0.3, 0.4) is 0 Å². The van der Waals surface area contributed by atoms with E-state index in [1.54, 1.807) is 13.1 Å². The molecule has 0 amide bonds. The lowest BCUT2D eigenvalue weighted by molar-refractivity contribution is -0.174. The zero-order valence-electron chi connectivity index (χ0n) is 10.9. The molecule has 0 aliphatic heterocycles. The van der Waals surface area contributed by atoms with Crippen molar-refractivity contribution in [1.29, 1.82) is 0 Å². The van der Waals surface area contributed by atoms with Crippen molar-refractivity contribution in [2.45, 2.75) is 25.1 Å². The minimum Gasteiger partial charge on any atom is -0.372 e. The first-order valence-electron chi connectivity index (χ1n) is 6.07. The first-order valence-corrected chi connectivity index (χ1v) is 6.45. The highest BCUT2D eigenvalue weighted by Gasteiger charge is 2.27. The van der Waals surface area contributed by atoms with Crippen LogP contribution in [-0.4, -0.2) is 32.5 Å². The molecule has 0 heterocycles. The number of likely N-dealkylation sites (N-methyl/N-ethyl adjacent to an activating group) is 1. The van der Waals surface area contributed by atoms with Gasteiger partial charge in [0.05, 0.1) is 5.02 Å². The summed E-state index contributed by atoms with van der Waals surface area (Å²) in [5.41, 5.74) is 0.724. The smallest absolute Gasteiger partial charge is 0.372 e. The fraction of sp³-hybridized carbons (Fsp3) is 0.538. The highest BCUT2D eigenvalue weighted by Crippen LogP contribution is 2.17. The fourth-order valence-electron chi connectivity index (χ4n) is 1.71. The summed E-state index contributed by atoms with van der Waals surface area (Å²) in [7, 11) is 1.70. The van der Waals surface area contributed by atoms with Crippen molar-refractivity contribution in [3.63, 3.8) is 0 Å². The summed E-state index contributed by atoms with van der Waals surface area (Å²) in [5.74, 6) is -0.507. The van der Waals surface area contributed by atoms with Gasteiger partial charge in [0.1, 0.15) is 12.4 Å². The van der Waals surface area contributed by atoms with Gasteiger partial charge in [-0.1, -0.05) is 17.7 Å². The van der Waals surface area contributed by atoms with E-state index >= 15 is 0 Å². The van der Waals surface area contributed by atoms with Crippen molar-refractivity contribution in [2.75, 3.05) is 20.3 Å². The lowest BCUT2D eigenvalue weighted by Gasteiger charge is -2.17. The molecule has 2 nitrogen and oxygen atoms in total. The van der Waals surface area contributed by atoms with Gasteiger partial charge in [0.2, 0.25) is 0 Å². The molecule has 0 fully saturated rings. The standard InChI is InChI=1S/C13H16ClF4NO/c1-19-10(4-5-20-8-13(16,17)18)6-9-2-3-11(14)12(15)7-9/h2-3,7,10,19H,4-6,8H2,1H3. The second-order valence-electron chi connectivity index (χ2n) is 4.39. The fourth-order valence-corrected chi connectivity index (χ4v) is 1.83. The number of ether oxygens (including phenoxy) is 1. The second-order valence-corrected chi connectivity index (χ2v) is 4.80. The van der Waals surface area contributed by atoms with E-state index in [9.17, 15) is 17.6 Å². The van der Waals surface area contributed by atoms with E-state index in [0.29, 0.717) is 12.8 Å². The molecule has 1 rings (SSSR count). The highest BCUT2D eigenvalue weighted by atomic mass is 35.5. The molecule has 0 bridgehead atoms. The topological polar surface area (TPSA) is 21.3 Å². The maximum Gasteiger partial charge on any atom is 0.411 e. The molecule has 0 radical (unpaired) electrons. The van der Waals surface area contributed by atoms with Crippen LogP contribution in [0.2, 0.25) is 5.02 Å². The van der Waals surface area contributed by atoms with E-state index in [1.165, 1.54) is 12.1 Å². The van der Waals surface area contributed by atoms with Crippen LogP contribution in [0.25, 0.3) is 0 Å². The number of hydrogen-bond donors (Lipinski definition) is 1. The molecular weight excluding hydrogens is 298 g/mol. The van der Waals surface area contributed by atoms with Gasteiger partial charge in [-0.25, -0.2) is 4.39 Å². The Hall–Kier alpha value is -0.850. The maximum atomic E-state index is 13.3. The van der Waals surface area contributed by atoms with Gasteiger partial charge < -0.3 is 10.1 Å². The summed E-state index contributed by atoms with van der Waals surface area (Å²) in [4.78, 5) is 0. The summed E-state index contributed by atoms with van der Waals surface area (Å²) in [6, 6.07) is 4.37. The molecule has 0 saturated carbocycles. The molecule has 0 aromatic heterocycles. The Kier molecular flexibility index (Phi) is 6.71. The molecule has 7 heteroatoms. The molecule has 1 aromatic rings. The summed E-state index contributed by atoms with van der Waals surface area (Å²) in [6.07, 6.45) is -3.43. The van der Waals surface area contributed by atoms with Crippen molar-refractivity contribution in [2.24, 2.45) is 0 Å². The van der Waals surface area contributed by atoms with Crippen LogP contribution in [0.1, 0.15) is 12.0 Å². The van der Waals surface area contributed by atoms with Crippen LogP contribution >= 0.6 is 11.6 Å². The predicted molar refractivity (Wildman–Crippen MR) is 69.5 cm³/mol. The molecule has 20 heavy (non-hydrogen) atoms. The number of benzene rings is 1. The van der Waals surface area contributed by atoms with Gasteiger partial charge in [0, 0.05) is 12.6 Å². The molecule has 1 unspecified atom stereocenters. The molecule has 0 spiro atoms. The zero-order valence-corrected chi connectivity index (χ0v) is 11.7. The third-order valence-electron chi connectivity index (χ3n) is 2.75. The van der Waals surface area contributed by atoms with E-state index in [4.69, 9.17) is 11.6 Å². The van der Waals surface area contributed by atoms with Crippen LogP contribution in [0.15, 0.2) is 18.2 Å². The maximum absolute atomic E-state index is 13.3. The SMILES string of the molecule is CNC(CCOCC(F)(F)F)Cc1ccc(Cl)c(F)c1. The Labute approximate surface area is 120 Å². The normalized spacial score (nSPS) is 13.5. The largest absolute Gasteiger partial charge is 0.411 e. The number of nitrogens with one attached hydrogen (secondary N) is 1. The van der Waals surface area contributed by atoms with E-state index in [1.807, 2.05) is 0 Å². The number of alkyl halides is 3. The van der Waals surface area contributed by atoms with E-state index in [-0.39, 0.29) is 17.7 Å². The van der Waals surface area contributed by atoms with Gasteiger partial charge >= 0.3 is 6.18 Å². The van der Waals surface area contributed by atoms with Crippen molar-refractivity contribution >= 4 is 11.6 Å². The van der Waals surface area contributed by atoms with Crippen LogP contribution in [0, 0.1) is 5.82 Å². The quantitative estimate of drug-likeness (QED) is 0.614. The third kappa shape index (κ3) is 6.54. The van der Waals surface area contributed by atoms with Gasteiger partial charge in [0.15, 0.2) is 0 Å². The van der Waals surface area contributed by atoms with Crippen molar-refractivity contribution in [3.8, 4) is 0 Å². The van der Waals surface area contributed by atoms with Gasteiger partial charge in [-0.15, -0.1) is 0 Å². The van der Waals surface area contributed by atoms with E-state index in [0.717, 1.165) is 5.56 Å². The highest BCUT2D eigenvalue weighted by molar-refractivity contribution is 6.30. The number of rotatable bonds is 7. The van der Waals surface area contributed by atoms with Gasteiger partial charge in [-0.3, -0.25) is 0 Å². The molecule has 0 aliphatic rings. The van der Waals surface area contributed by atoms with Gasteiger partial charge in [0.25, 0.3) is 0 Å². The average molecular weight is 314 g/mol. The predicted octanol–water partition coefficient (Wildman–Crippen LogP) is 3.58. The molecule has 0 aliphatic carbocycles. The Balaban J connectivity index is 2.41. The van der Waals surface area contributed by atoms with Crippen LogP contribution in [0.5, 0.6) is 0 Å². The Morgan fingerprint density at radius 3 is 2.60 bits per heavy atom. The summed E-state index contributed by atoms with van der Waals surface area (Å²) < 4.78 is 53.5.